The lowest BCUT2D eigenvalue weighted by molar-refractivity contribution is 0.0195. The van der Waals surface area contributed by atoms with Crippen LogP contribution in [0.25, 0.3) is 10.9 Å². The zero-order valence-corrected chi connectivity index (χ0v) is 20.1. The number of ether oxygens (including phenoxy) is 2. The Hall–Kier alpha value is -3.19. The van der Waals surface area contributed by atoms with Crippen LogP contribution in [0.1, 0.15) is 33.4 Å². The highest BCUT2D eigenvalue weighted by Crippen LogP contribution is 2.33. The zero-order chi connectivity index (χ0) is 26.6. The summed E-state index contributed by atoms with van der Waals surface area (Å²) in [4.78, 5) is 0. The molecule has 0 aliphatic heterocycles. The van der Waals surface area contributed by atoms with Crippen molar-refractivity contribution in [2.24, 2.45) is 0 Å². The number of hydrogen-bond donors (Lipinski definition) is 2. The van der Waals surface area contributed by atoms with Crippen LogP contribution >= 0.6 is 0 Å². The summed E-state index contributed by atoms with van der Waals surface area (Å²) >= 11 is 0. The van der Waals surface area contributed by atoms with E-state index in [0.717, 1.165) is 16.8 Å². The number of halogens is 1. The molecule has 3 aromatic carbocycles. The molecule has 0 saturated heterocycles. The van der Waals surface area contributed by atoms with E-state index in [2.05, 4.69) is 0 Å². The number of anilines is 1. The van der Waals surface area contributed by atoms with Gasteiger partial charge in [-0.2, -0.15) is 0 Å². The summed E-state index contributed by atoms with van der Waals surface area (Å²) < 4.78 is 44.4. The molecule has 0 radical (unpaired) electrons. The van der Waals surface area contributed by atoms with Gasteiger partial charge in [0.2, 0.25) is 0 Å². The lowest BCUT2D eigenvalue weighted by atomic mass is 9.90. The van der Waals surface area contributed by atoms with E-state index in [4.69, 9.17) is 17.9 Å². The van der Waals surface area contributed by atoms with Crippen LogP contribution in [0.5, 0.6) is 0 Å². The minimum atomic E-state index is -2.34. The van der Waals surface area contributed by atoms with Crippen molar-refractivity contribution < 1.29 is 21.7 Å². The fourth-order valence-electron chi connectivity index (χ4n) is 4.14. The van der Waals surface area contributed by atoms with Gasteiger partial charge in [0, 0.05) is 22.6 Å². The molecule has 0 aliphatic carbocycles. The maximum Gasteiger partial charge on any atom is 0.148 e. The highest BCUT2D eigenvalue weighted by Gasteiger charge is 2.28. The average molecular weight is 479 g/mol. The predicted molar refractivity (Wildman–Crippen MR) is 138 cm³/mol. The summed E-state index contributed by atoms with van der Waals surface area (Å²) in [6, 6.07) is 23.8. The van der Waals surface area contributed by atoms with Crippen molar-refractivity contribution >= 4 is 16.6 Å². The largest absolute Gasteiger partial charge is 0.396 e. The minimum absolute atomic E-state index is 0.00810. The van der Waals surface area contributed by atoms with E-state index in [1.54, 1.807) is 10.6 Å². The Morgan fingerprint density at radius 2 is 1.57 bits per heavy atom. The Balaban J connectivity index is 1.59. The van der Waals surface area contributed by atoms with Gasteiger partial charge in [0.15, 0.2) is 0 Å². The second-order valence-electron chi connectivity index (χ2n) is 9.34. The first-order chi connectivity index (χ1) is 17.6. The lowest BCUT2D eigenvalue weighted by Crippen LogP contribution is -2.30. The molecule has 4 rings (SSSR count). The summed E-state index contributed by atoms with van der Waals surface area (Å²) in [5.74, 6) is -0.575. The summed E-state index contributed by atoms with van der Waals surface area (Å²) in [7, 11) is 0. The van der Waals surface area contributed by atoms with Crippen molar-refractivity contribution in [2.45, 2.75) is 45.1 Å². The quantitative estimate of drug-likeness (QED) is 0.282. The molecular formula is C29H33FN2O3. The first kappa shape index (κ1) is 22.3. The van der Waals surface area contributed by atoms with Crippen molar-refractivity contribution in [2.75, 3.05) is 18.9 Å². The number of aromatic nitrogens is 1. The van der Waals surface area contributed by atoms with Crippen LogP contribution in [-0.4, -0.2) is 28.9 Å². The third kappa shape index (κ3) is 6.28. The van der Waals surface area contributed by atoms with E-state index in [0.29, 0.717) is 24.1 Å². The summed E-state index contributed by atoms with van der Waals surface area (Å²) in [5.41, 5.74) is 8.42. The molecule has 0 fully saturated rings. The van der Waals surface area contributed by atoms with E-state index >= 15 is 0 Å². The molecule has 6 heteroatoms. The normalized spacial score (nSPS) is 14.1. The number of rotatable bonds is 11. The fourth-order valence-corrected chi connectivity index (χ4v) is 4.14. The number of nitrogen functional groups attached to an aromatic ring is 1. The lowest BCUT2D eigenvalue weighted by Gasteiger charge is -2.28. The van der Waals surface area contributed by atoms with E-state index < -0.39 is 23.9 Å². The van der Waals surface area contributed by atoms with Gasteiger partial charge in [-0.3, -0.25) is 0 Å². The molecular weight excluding hydrogens is 443 g/mol. The van der Waals surface area contributed by atoms with Gasteiger partial charge in [-0.15, -0.1) is 0 Å². The number of hydrogen-bond acceptors (Lipinski definition) is 4. The second kappa shape index (κ2) is 11.0. The molecule has 4 aromatic rings. The number of nitrogens with two attached hydrogens (primary N) is 1. The maximum absolute atomic E-state index is 14.5. The SMILES string of the molecule is [2H]C([2H])(OCc1ccccc1)C(O)Cn1c(C(C)(C)COCc2ccccc2)cc2cc(N)c(F)cc21. The van der Waals surface area contributed by atoms with E-state index in [1.165, 1.54) is 6.07 Å². The van der Waals surface area contributed by atoms with Crippen molar-refractivity contribution in [3.05, 3.63) is 102 Å². The predicted octanol–water partition coefficient (Wildman–Crippen LogP) is 5.43. The Bertz CT molecular complexity index is 1330. The molecule has 1 atom stereocenters. The smallest absolute Gasteiger partial charge is 0.148 e. The van der Waals surface area contributed by atoms with Gasteiger partial charge >= 0.3 is 0 Å². The molecule has 0 amide bonds. The fraction of sp³-hybridized carbons (Fsp3) is 0.310. The van der Waals surface area contributed by atoms with Crippen molar-refractivity contribution in [1.82, 2.24) is 4.57 Å². The summed E-state index contributed by atoms with van der Waals surface area (Å²) in [6.45, 7) is 2.29. The van der Waals surface area contributed by atoms with Crippen LogP contribution in [0.4, 0.5) is 10.1 Å². The van der Waals surface area contributed by atoms with Crippen LogP contribution in [0.15, 0.2) is 78.9 Å². The molecule has 0 bridgehead atoms. The number of nitrogens with zero attached hydrogens (tertiary/aromatic N) is 1. The van der Waals surface area contributed by atoms with Crippen LogP contribution < -0.4 is 5.73 Å². The number of fused-ring (bicyclic) bond motifs is 1. The molecule has 0 saturated carbocycles. The van der Waals surface area contributed by atoms with Crippen molar-refractivity contribution in [3.63, 3.8) is 0 Å². The molecule has 0 aliphatic rings. The van der Waals surface area contributed by atoms with Crippen LogP contribution in [0, 0.1) is 5.82 Å². The molecule has 184 valence electrons. The Labute approximate surface area is 208 Å². The molecule has 35 heavy (non-hydrogen) atoms. The van der Waals surface area contributed by atoms with Crippen molar-refractivity contribution in [3.8, 4) is 0 Å². The number of aliphatic hydroxyl groups excluding tert-OH is 1. The summed E-state index contributed by atoms with van der Waals surface area (Å²) in [5, 5.41) is 11.7. The topological polar surface area (TPSA) is 69.6 Å². The van der Waals surface area contributed by atoms with E-state index in [9.17, 15) is 9.50 Å². The van der Waals surface area contributed by atoms with Gasteiger partial charge in [0.05, 0.1) is 53.0 Å². The molecule has 1 unspecified atom stereocenters. The van der Waals surface area contributed by atoms with Gasteiger partial charge in [-0.05, 0) is 23.3 Å². The van der Waals surface area contributed by atoms with Gasteiger partial charge < -0.3 is 24.9 Å². The maximum atomic E-state index is 14.5. The van der Waals surface area contributed by atoms with Crippen molar-refractivity contribution in [1.29, 1.82) is 0 Å². The Morgan fingerprint density at radius 3 is 2.20 bits per heavy atom. The van der Waals surface area contributed by atoms with Gasteiger partial charge in [-0.1, -0.05) is 74.5 Å². The Kier molecular flexibility index (Phi) is 7.03. The van der Waals surface area contributed by atoms with Crippen LogP contribution in [-0.2, 0) is 34.6 Å². The third-order valence-electron chi connectivity index (χ3n) is 5.94. The van der Waals surface area contributed by atoms with Crippen LogP contribution in [0.3, 0.4) is 0 Å². The monoisotopic (exact) mass is 478 g/mol. The van der Waals surface area contributed by atoms with Gasteiger partial charge in [0.25, 0.3) is 0 Å². The molecule has 1 heterocycles. The first-order valence-electron chi connectivity index (χ1n) is 12.6. The highest BCUT2D eigenvalue weighted by atomic mass is 19.1. The molecule has 3 N–H and O–H groups in total. The minimum Gasteiger partial charge on any atom is -0.396 e. The molecule has 0 spiro atoms. The van der Waals surface area contributed by atoms with E-state index in [1.807, 2.05) is 80.6 Å². The molecule has 1 aromatic heterocycles. The van der Waals surface area contributed by atoms with Crippen LogP contribution in [0.2, 0.25) is 0 Å². The van der Waals surface area contributed by atoms with Gasteiger partial charge in [-0.25, -0.2) is 4.39 Å². The average Bonchev–Trinajstić information content (AvgIpc) is 3.22. The number of aliphatic hydroxyl groups is 1. The van der Waals surface area contributed by atoms with E-state index in [-0.39, 0.29) is 18.8 Å². The highest BCUT2D eigenvalue weighted by molar-refractivity contribution is 5.85. The zero-order valence-electron chi connectivity index (χ0n) is 22.1. The third-order valence-corrected chi connectivity index (χ3v) is 5.94. The molecule has 5 nitrogen and oxygen atoms in total. The standard InChI is InChI=1S/C29H33FN2O3/c1-29(2,20-35-18-22-11-7-4-8-12-22)28-14-23-13-26(31)25(30)15-27(23)32(28)16-24(33)19-34-17-21-9-5-3-6-10-21/h3-15,24,33H,16-20,31H2,1-2H3/i19D2. The number of benzene rings is 3. The second-order valence-corrected chi connectivity index (χ2v) is 9.34. The first-order valence-corrected chi connectivity index (χ1v) is 11.6. The Morgan fingerprint density at radius 1 is 0.971 bits per heavy atom. The van der Waals surface area contributed by atoms with Gasteiger partial charge in [0.1, 0.15) is 5.82 Å². The summed E-state index contributed by atoms with van der Waals surface area (Å²) in [6.07, 6.45) is -1.52.